The normalized spacial score (nSPS) is 23.4. The summed E-state index contributed by atoms with van der Waals surface area (Å²) in [5.74, 6) is -0.155. The van der Waals surface area contributed by atoms with E-state index in [1.165, 1.54) is 6.07 Å². The van der Waals surface area contributed by atoms with E-state index < -0.39 is 57.2 Å². The van der Waals surface area contributed by atoms with Gasteiger partial charge in [-0.25, -0.2) is 9.61 Å². The third-order valence-corrected chi connectivity index (χ3v) is 23.1. The summed E-state index contributed by atoms with van der Waals surface area (Å²) < 4.78 is 28.0. The van der Waals surface area contributed by atoms with Gasteiger partial charge in [-0.05, 0) is 96.0 Å². The molecular weight excluding hydrogens is 809 g/mol. The number of nitro groups is 1. The van der Waals surface area contributed by atoms with Crippen LogP contribution in [0, 0.1) is 34.3 Å². The second-order valence-corrected chi connectivity index (χ2v) is 30.5. The monoisotopic (exact) mass is 878 g/mol. The van der Waals surface area contributed by atoms with E-state index in [9.17, 15) is 14.9 Å². The molecule has 2 aromatic carbocycles. The van der Waals surface area contributed by atoms with Gasteiger partial charge in [-0.1, -0.05) is 75.3 Å². The predicted octanol–water partition coefficient (Wildman–Crippen LogP) is 10.6. The summed E-state index contributed by atoms with van der Waals surface area (Å²) >= 11 is 0. The van der Waals surface area contributed by atoms with Crippen LogP contribution in [0.3, 0.4) is 0 Å². The molecule has 0 saturated carbocycles. The van der Waals surface area contributed by atoms with Gasteiger partial charge in [0.1, 0.15) is 17.7 Å². The molecule has 1 aliphatic heterocycles. The van der Waals surface area contributed by atoms with Crippen LogP contribution < -0.4 is 4.90 Å². The van der Waals surface area contributed by atoms with E-state index in [2.05, 4.69) is 89.9 Å². The van der Waals surface area contributed by atoms with E-state index in [1.807, 2.05) is 57.5 Å². The number of fused-ring (bicyclic) bond motifs is 2. The average molecular weight is 879 g/mol. The first-order valence-corrected chi connectivity index (χ1v) is 27.6. The number of cyclic esters (lactones) is 1. The molecule has 16 heteroatoms. The van der Waals surface area contributed by atoms with Gasteiger partial charge in [0, 0.05) is 44.0 Å². The number of imidazole rings is 1. The Bertz CT molecular complexity index is 2240. The van der Waals surface area contributed by atoms with Crippen LogP contribution >= 0.6 is 0 Å². The number of benzene rings is 2. The third kappa shape index (κ3) is 10.1. The highest BCUT2D eigenvalue weighted by Crippen LogP contribution is 2.45. The van der Waals surface area contributed by atoms with Gasteiger partial charge in [0.2, 0.25) is 5.52 Å². The summed E-state index contributed by atoms with van der Waals surface area (Å²) in [5.41, 5.74) is 2.22. The van der Waals surface area contributed by atoms with Crippen molar-refractivity contribution in [3.05, 3.63) is 51.8 Å². The first-order chi connectivity index (χ1) is 28.1. The van der Waals surface area contributed by atoms with Crippen molar-refractivity contribution in [2.24, 2.45) is 24.3 Å². The topological polar surface area (TPSA) is 165 Å². The SMILES string of the molecule is Cc1nc2cc([C@@H]3CCN(c4ccc([N+](=O)[O-])c5nonc45)CCC[C@H](C)[C@H](O[Si](C)(C)C(C)(C)C)[C@@H](C)C(=O)C(C)(C)[C@@H](O[Si](C)(C)C(C)(C)C)CC(=O)O3)ccc2n1C. The van der Waals surface area contributed by atoms with Crippen LogP contribution in [0.4, 0.5) is 11.4 Å². The smallest absolute Gasteiger partial charge is 0.309 e. The Labute approximate surface area is 363 Å². The van der Waals surface area contributed by atoms with Crippen LogP contribution in [-0.2, 0) is 30.2 Å². The van der Waals surface area contributed by atoms with E-state index in [1.54, 1.807) is 6.07 Å². The van der Waals surface area contributed by atoms with Crippen molar-refractivity contribution in [3.63, 3.8) is 0 Å². The van der Waals surface area contributed by atoms with Crippen LogP contribution in [-0.4, -0.2) is 78.5 Å². The maximum atomic E-state index is 15.2. The molecule has 2 aromatic heterocycles. The number of hydrogen-bond donors (Lipinski definition) is 0. The van der Waals surface area contributed by atoms with Crippen LogP contribution in [0.2, 0.25) is 36.3 Å². The standard InChI is InChI=1S/C45H70N6O8Si2/c1-28-18-17-24-50(34-21-22-35(51(54)55)40-39(34)47-59-48-40)25-23-36(31-19-20-33-32(26-31)46-30(3)49(33)12)56-38(52)27-37(57-60(13,14)43(4,5)6)45(10,11)42(53)29(2)41(28)58-61(15,16)44(7,8)9/h19-22,26,28-29,36-37,41H,17-18,23-25,27H2,1-16H3/t28-,29+,36-,37-,41-/m0/s1. The molecule has 5 atom stereocenters. The fourth-order valence-corrected chi connectivity index (χ4v) is 10.8. The Hall–Kier alpha value is -4.00. The minimum atomic E-state index is -2.53. The van der Waals surface area contributed by atoms with Crippen LogP contribution in [0.1, 0.15) is 112 Å². The molecule has 1 saturated heterocycles. The number of non-ortho nitro benzene ring substituents is 1. The minimum absolute atomic E-state index is 0.00684. The zero-order chi connectivity index (χ0) is 45.6. The number of anilines is 1. The molecule has 0 amide bonds. The number of ketones is 1. The lowest BCUT2D eigenvalue weighted by molar-refractivity contribution is -0.383. The van der Waals surface area contributed by atoms with Crippen molar-refractivity contribution in [3.8, 4) is 0 Å². The number of nitrogens with zero attached hydrogens (tertiary/aromatic N) is 6. The van der Waals surface area contributed by atoms with Crippen molar-refractivity contribution in [1.29, 1.82) is 0 Å². The van der Waals surface area contributed by atoms with Gasteiger partial charge in [0.25, 0.3) is 0 Å². The number of esters is 1. The Morgan fingerprint density at radius 3 is 2.15 bits per heavy atom. The van der Waals surface area contributed by atoms with Gasteiger partial charge in [-0.15, -0.1) is 0 Å². The van der Waals surface area contributed by atoms with Gasteiger partial charge in [-0.3, -0.25) is 19.7 Å². The molecule has 5 rings (SSSR count). The van der Waals surface area contributed by atoms with E-state index in [4.69, 9.17) is 23.2 Å². The number of carbonyl (C=O) groups is 2. The van der Waals surface area contributed by atoms with Gasteiger partial charge < -0.3 is 23.1 Å². The van der Waals surface area contributed by atoms with E-state index in [-0.39, 0.29) is 44.9 Å². The maximum absolute atomic E-state index is 15.2. The van der Waals surface area contributed by atoms with E-state index in [0.717, 1.165) is 28.8 Å². The molecule has 1 fully saturated rings. The number of nitro benzene ring substituents is 1. The highest BCUT2D eigenvalue weighted by atomic mass is 28.4. The lowest BCUT2D eigenvalue weighted by Crippen LogP contribution is -2.54. The largest absolute Gasteiger partial charge is 0.457 e. The van der Waals surface area contributed by atoms with Crippen molar-refractivity contribution in [1.82, 2.24) is 19.9 Å². The highest BCUT2D eigenvalue weighted by Gasteiger charge is 2.50. The summed E-state index contributed by atoms with van der Waals surface area (Å²) in [6, 6.07) is 9.05. The zero-order valence-corrected chi connectivity index (χ0v) is 41.5. The van der Waals surface area contributed by atoms with Gasteiger partial charge in [-0.2, -0.15) is 0 Å². The van der Waals surface area contributed by atoms with Gasteiger partial charge >= 0.3 is 11.7 Å². The molecule has 0 aliphatic carbocycles. The molecule has 0 bridgehead atoms. The molecule has 1 aliphatic rings. The molecule has 0 N–H and O–H groups in total. The highest BCUT2D eigenvalue weighted by molar-refractivity contribution is 6.74. The second kappa shape index (κ2) is 17.6. The summed E-state index contributed by atoms with van der Waals surface area (Å²) in [4.78, 5) is 48.1. The lowest BCUT2D eigenvalue weighted by Gasteiger charge is -2.46. The number of rotatable bonds is 7. The zero-order valence-electron chi connectivity index (χ0n) is 39.5. The number of Topliss-reactive ketones (excluding diaryl/α,β-unsaturated/α-hetero) is 1. The minimum Gasteiger partial charge on any atom is -0.457 e. The Morgan fingerprint density at radius 1 is 0.902 bits per heavy atom. The van der Waals surface area contributed by atoms with Crippen molar-refractivity contribution in [2.45, 2.75) is 156 Å². The Kier molecular flexibility index (Phi) is 13.9. The number of hydrogen-bond acceptors (Lipinski definition) is 12. The number of carbonyl (C=O) groups excluding carboxylic acids is 2. The fourth-order valence-electron chi connectivity index (χ4n) is 7.93. The quantitative estimate of drug-likeness (QED) is 0.0748. The van der Waals surface area contributed by atoms with Crippen molar-refractivity contribution in [2.75, 3.05) is 18.0 Å². The Morgan fingerprint density at radius 2 is 1.52 bits per heavy atom. The molecule has 0 radical (unpaired) electrons. The number of aromatic nitrogens is 4. The maximum Gasteiger partial charge on any atom is 0.309 e. The average Bonchev–Trinajstić information content (AvgIpc) is 3.75. The first-order valence-electron chi connectivity index (χ1n) is 21.7. The van der Waals surface area contributed by atoms with Gasteiger partial charge in [0.05, 0.1) is 40.3 Å². The lowest BCUT2D eigenvalue weighted by atomic mass is 9.73. The van der Waals surface area contributed by atoms with Crippen molar-refractivity contribution >= 4 is 61.8 Å². The summed E-state index contributed by atoms with van der Waals surface area (Å²) in [5, 5.41) is 19.7. The summed E-state index contributed by atoms with van der Waals surface area (Å²) in [7, 11) is -2.94. The fraction of sp³-hybridized carbons (Fsp3) is 0.667. The van der Waals surface area contributed by atoms with Gasteiger partial charge in [0.15, 0.2) is 22.2 Å². The first kappa shape index (κ1) is 48.0. The molecule has 14 nitrogen and oxygen atoms in total. The Balaban J connectivity index is 1.65. The molecular formula is C45H70N6O8Si2. The van der Waals surface area contributed by atoms with E-state index >= 15 is 4.79 Å². The summed E-state index contributed by atoms with van der Waals surface area (Å²) in [6.45, 7) is 32.7. The third-order valence-electron chi connectivity index (χ3n) is 14.2. The molecule has 0 spiro atoms. The molecule has 4 aromatic rings. The second-order valence-electron chi connectivity index (χ2n) is 21.0. The summed E-state index contributed by atoms with van der Waals surface area (Å²) in [6.07, 6.45) is -0.182. The van der Waals surface area contributed by atoms with Crippen LogP contribution in [0.25, 0.3) is 22.1 Å². The van der Waals surface area contributed by atoms with Crippen LogP contribution in [0.15, 0.2) is 35.0 Å². The molecule has 336 valence electrons. The number of ether oxygens (including phenoxy) is 1. The number of aryl methyl sites for hydroxylation is 2. The molecule has 3 heterocycles. The predicted molar refractivity (Wildman–Crippen MR) is 245 cm³/mol. The molecule has 0 unspecified atom stereocenters. The molecule has 61 heavy (non-hydrogen) atoms. The van der Waals surface area contributed by atoms with Crippen molar-refractivity contribution < 1.29 is 32.7 Å². The van der Waals surface area contributed by atoms with Crippen LogP contribution in [0.5, 0.6) is 0 Å². The van der Waals surface area contributed by atoms with E-state index in [0.29, 0.717) is 31.6 Å².